The van der Waals surface area contributed by atoms with E-state index in [2.05, 4.69) is 5.32 Å². The second kappa shape index (κ2) is 6.26. The molecule has 0 bridgehead atoms. The number of carbonyl (C=O) groups excluding carboxylic acids is 1. The van der Waals surface area contributed by atoms with Gasteiger partial charge in [0.1, 0.15) is 0 Å². The Morgan fingerprint density at radius 2 is 1.91 bits per heavy atom. The van der Waals surface area contributed by atoms with Crippen LogP contribution in [0.3, 0.4) is 0 Å². The summed E-state index contributed by atoms with van der Waals surface area (Å²) in [4.78, 5) is 24.6. The van der Waals surface area contributed by atoms with Crippen molar-refractivity contribution in [2.75, 3.05) is 24.3 Å². The van der Waals surface area contributed by atoms with Crippen LogP contribution < -0.4 is 10.2 Å². The van der Waals surface area contributed by atoms with Gasteiger partial charge in [-0.3, -0.25) is 14.9 Å². The van der Waals surface area contributed by atoms with Crippen molar-refractivity contribution >= 4 is 23.0 Å². The van der Waals surface area contributed by atoms with E-state index in [1.807, 2.05) is 25.1 Å². The Labute approximate surface area is 128 Å². The van der Waals surface area contributed by atoms with Crippen molar-refractivity contribution in [1.29, 1.82) is 0 Å². The number of aryl methyl sites for hydroxylation is 1. The number of nitro groups is 1. The van der Waals surface area contributed by atoms with Crippen LogP contribution >= 0.6 is 0 Å². The number of anilines is 2. The fourth-order valence-corrected chi connectivity index (χ4v) is 2.13. The molecule has 22 heavy (non-hydrogen) atoms. The minimum atomic E-state index is -0.511. The maximum absolute atomic E-state index is 12.5. The molecule has 0 fully saturated rings. The van der Waals surface area contributed by atoms with E-state index in [0.29, 0.717) is 11.4 Å². The molecule has 0 aliphatic carbocycles. The maximum atomic E-state index is 12.5. The van der Waals surface area contributed by atoms with Gasteiger partial charge in [0.15, 0.2) is 0 Å². The Bertz CT molecular complexity index is 726. The lowest BCUT2D eigenvalue weighted by Crippen LogP contribution is -2.18. The van der Waals surface area contributed by atoms with E-state index in [1.165, 1.54) is 12.1 Å². The van der Waals surface area contributed by atoms with Crippen LogP contribution in [0.2, 0.25) is 0 Å². The molecule has 6 heteroatoms. The molecule has 114 valence electrons. The summed E-state index contributed by atoms with van der Waals surface area (Å²) in [5, 5.41) is 13.7. The summed E-state index contributed by atoms with van der Waals surface area (Å²) >= 11 is 0. The lowest BCUT2D eigenvalue weighted by molar-refractivity contribution is -0.384. The molecule has 1 N–H and O–H groups in total. The molecular weight excluding hydrogens is 282 g/mol. The second-order valence-electron chi connectivity index (χ2n) is 5.18. The smallest absolute Gasteiger partial charge is 0.270 e. The van der Waals surface area contributed by atoms with Crippen molar-refractivity contribution in [3.63, 3.8) is 0 Å². The van der Waals surface area contributed by atoms with Gasteiger partial charge in [-0.1, -0.05) is 12.1 Å². The van der Waals surface area contributed by atoms with E-state index < -0.39 is 4.92 Å². The number of hydrogen-bond donors (Lipinski definition) is 1. The average Bonchev–Trinajstić information content (AvgIpc) is 2.46. The van der Waals surface area contributed by atoms with E-state index in [4.69, 9.17) is 0 Å². The van der Waals surface area contributed by atoms with E-state index in [1.54, 1.807) is 31.1 Å². The number of nitrogens with zero attached hydrogens (tertiary/aromatic N) is 2. The van der Waals surface area contributed by atoms with E-state index >= 15 is 0 Å². The van der Waals surface area contributed by atoms with Gasteiger partial charge in [-0.2, -0.15) is 0 Å². The summed E-state index contributed by atoms with van der Waals surface area (Å²) in [5.74, 6) is -0.377. The molecule has 0 spiro atoms. The molecule has 2 aromatic rings. The third-order valence-corrected chi connectivity index (χ3v) is 3.19. The molecule has 0 unspecified atom stereocenters. The number of benzene rings is 2. The molecule has 0 heterocycles. The van der Waals surface area contributed by atoms with Gasteiger partial charge in [-0.05, 0) is 30.7 Å². The Morgan fingerprint density at radius 3 is 2.50 bits per heavy atom. The zero-order chi connectivity index (χ0) is 16.3. The highest BCUT2D eigenvalue weighted by molar-refractivity contribution is 6.08. The van der Waals surface area contributed by atoms with Crippen molar-refractivity contribution in [2.24, 2.45) is 0 Å². The van der Waals surface area contributed by atoms with Crippen LogP contribution in [-0.2, 0) is 0 Å². The summed E-state index contributed by atoms with van der Waals surface area (Å²) in [6.45, 7) is 1.92. The maximum Gasteiger partial charge on any atom is 0.270 e. The molecular formula is C16H17N3O3. The molecule has 0 radical (unpaired) electrons. The van der Waals surface area contributed by atoms with Gasteiger partial charge < -0.3 is 10.2 Å². The topological polar surface area (TPSA) is 75.5 Å². The first-order valence-corrected chi connectivity index (χ1v) is 6.72. The first kappa shape index (κ1) is 15.5. The first-order chi connectivity index (χ1) is 10.4. The Balaban J connectivity index is 2.38. The summed E-state index contributed by atoms with van der Waals surface area (Å²) in [6.07, 6.45) is 0. The van der Waals surface area contributed by atoms with E-state index in [-0.39, 0.29) is 17.2 Å². The highest BCUT2D eigenvalue weighted by Crippen LogP contribution is 2.25. The molecule has 0 aliphatic rings. The van der Waals surface area contributed by atoms with Crippen LogP contribution in [0.15, 0.2) is 42.5 Å². The van der Waals surface area contributed by atoms with Gasteiger partial charge in [0.05, 0.1) is 10.5 Å². The SMILES string of the molecule is Cc1cccc(NC(=O)c2cc([N+](=O)[O-])ccc2N(C)C)c1. The number of nitrogens with one attached hydrogen (secondary N) is 1. The molecule has 0 saturated carbocycles. The highest BCUT2D eigenvalue weighted by atomic mass is 16.6. The van der Waals surface area contributed by atoms with Crippen LogP contribution in [0.1, 0.15) is 15.9 Å². The number of non-ortho nitro benzene ring substituents is 1. The van der Waals surface area contributed by atoms with Crippen LogP contribution in [0.5, 0.6) is 0 Å². The molecule has 0 aliphatic heterocycles. The largest absolute Gasteiger partial charge is 0.377 e. The van der Waals surface area contributed by atoms with Crippen molar-refractivity contribution in [2.45, 2.75) is 6.92 Å². The lowest BCUT2D eigenvalue weighted by Gasteiger charge is -2.17. The number of amides is 1. The van der Waals surface area contributed by atoms with Gasteiger partial charge in [-0.15, -0.1) is 0 Å². The molecule has 2 rings (SSSR count). The third kappa shape index (κ3) is 3.41. The van der Waals surface area contributed by atoms with Crippen molar-refractivity contribution in [3.8, 4) is 0 Å². The average molecular weight is 299 g/mol. The molecule has 0 atom stereocenters. The second-order valence-corrected chi connectivity index (χ2v) is 5.18. The zero-order valence-corrected chi connectivity index (χ0v) is 12.7. The minimum absolute atomic E-state index is 0.111. The highest BCUT2D eigenvalue weighted by Gasteiger charge is 2.18. The predicted octanol–water partition coefficient (Wildman–Crippen LogP) is 3.22. The number of rotatable bonds is 4. The number of carbonyl (C=O) groups is 1. The fourth-order valence-electron chi connectivity index (χ4n) is 2.13. The first-order valence-electron chi connectivity index (χ1n) is 6.72. The van der Waals surface area contributed by atoms with E-state index in [0.717, 1.165) is 5.56 Å². The van der Waals surface area contributed by atoms with E-state index in [9.17, 15) is 14.9 Å². The Hall–Kier alpha value is -2.89. The monoisotopic (exact) mass is 299 g/mol. The predicted molar refractivity (Wildman–Crippen MR) is 86.6 cm³/mol. The van der Waals surface area contributed by atoms with Crippen LogP contribution in [0, 0.1) is 17.0 Å². The number of hydrogen-bond acceptors (Lipinski definition) is 4. The van der Waals surface area contributed by atoms with Crippen molar-refractivity contribution < 1.29 is 9.72 Å². The summed E-state index contributed by atoms with van der Waals surface area (Å²) in [7, 11) is 3.56. The van der Waals surface area contributed by atoms with Crippen molar-refractivity contribution in [1.82, 2.24) is 0 Å². The Kier molecular flexibility index (Phi) is 4.41. The molecule has 0 aromatic heterocycles. The normalized spacial score (nSPS) is 10.1. The third-order valence-electron chi connectivity index (χ3n) is 3.19. The van der Waals surface area contributed by atoms with Gasteiger partial charge in [0.25, 0.3) is 11.6 Å². The van der Waals surface area contributed by atoms with Gasteiger partial charge in [0.2, 0.25) is 0 Å². The summed E-state index contributed by atoms with van der Waals surface area (Å²) in [5.41, 5.74) is 2.45. The van der Waals surface area contributed by atoms with Crippen LogP contribution in [0.25, 0.3) is 0 Å². The molecule has 2 aromatic carbocycles. The quantitative estimate of drug-likeness (QED) is 0.694. The zero-order valence-electron chi connectivity index (χ0n) is 12.7. The van der Waals surface area contributed by atoms with Gasteiger partial charge in [0, 0.05) is 37.6 Å². The Morgan fingerprint density at radius 1 is 1.18 bits per heavy atom. The lowest BCUT2D eigenvalue weighted by atomic mass is 10.1. The van der Waals surface area contributed by atoms with Crippen molar-refractivity contribution in [3.05, 3.63) is 63.7 Å². The van der Waals surface area contributed by atoms with Crippen LogP contribution in [0.4, 0.5) is 17.1 Å². The molecule has 1 amide bonds. The van der Waals surface area contributed by atoms with Gasteiger partial charge >= 0.3 is 0 Å². The number of nitro benzene ring substituents is 1. The fraction of sp³-hybridized carbons (Fsp3) is 0.188. The molecule has 0 saturated heterocycles. The van der Waals surface area contributed by atoms with Crippen LogP contribution in [-0.4, -0.2) is 24.9 Å². The molecule has 6 nitrogen and oxygen atoms in total. The standard InChI is InChI=1S/C16H17N3O3/c1-11-5-4-6-12(9-11)17-16(20)14-10-13(19(21)22)7-8-15(14)18(2)3/h4-10H,1-3H3,(H,17,20). The summed E-state index contributed by atoms with van der Waals surface area (Å²) < 4.78 is 0. The minimum Gasteiger partial charge on any atom is -0.377 e. The van der Waals surface area contributed by atoms with Gasteiger partial charge in [-0.25, -0.2) is 0 Å². The summed E-state index contributed by atoms with van der Waals surface area (Å²) in [6, 6.07) is 11.6.